The number of carbonyl (C=O) groups is 2. The van der Waals surface area contributed by atoms with Gasteiger partial charge in [0.15, 0.2) is 0 Å². The van der Waals surface area contributed by atoms with Crippen molar-refractivity contribution in [2.24, 2.45) is 0 Å². The lowest BCUT2D eigenvalue weighted by molar-refractivity contribution is -0.143. The molecule has 1 unspecified atom stereocenters. The molecule has 1 aliphatic rings. The normalized spacial score (nSPS) is 18.4. The van der Waals surface area contributed by atoms with Gasteiger partial charge in [0.05, 0.1) is 0 Å². The van der Waals surface area contributed by atoms with E-state index in [2.05, 4.69) is 15.9 Å². The Bertz CT molecular complexity index is 535. The molecule has 1 N–H and O–H groups in total. The van der Waals surface area contributed by atoms with Crippen LogP contribution in [0.1, 0.15) is 24.8 Å². The molecular formula is C15H19BrN2O3. The van der Waals surface area contributed by atoms with Gasteiger partial charge in [-0.3, -0.25) is 0 Å². The molecule has 1 fully saturated rings. The second-order valence-corrected chi connectivity index (χ2v) is 6.13. The van der Waals surface area contributed by atoms with Crippen LogP contribution in [0.15, 0.2) is 28.7 Å². The summed E-state index contributed by atoms with van der Waals surface area (Å²) < 4.78 is 0.943. The highest BCUT2D eigenvalue weighted by Gasteiger charge is 2.33. The van der Waals surface area contributed by atoms with Crippen LogP contribution in [-0.2, 0) is 11.3 Å². The second kappa shape index (κ2) is 6.93. The first-order valence-corrected chi connectivity index (χ1v) is 7.78. The summed E-state index contributed by atoms with van der Waals surface area (Å²) in [7, 11) is 1.70. The molecule has 114 valence electrons. The molecule has 0 radical (unpaired) electrons. The third-order valence-corrected chi connectivity index (χ3v) is 4.50. The van der Waals surface area contributed by atoms with Crippen molar-refractivity contribution in [2.45, 2.75) is 31.8 Å². The van der Waals surface area contributed by atoms with E-state index in [0.717, 1.165) is 22.9 Å². The van der Waals surface area contributed by atoms with Crippen LogP contribution in [0, 0.1) is 0 Å². The molecule has 0 aromatic heterocycles. The first-order chi connectivity index (χ1) is 10.0. The molecule has 1 saturated heterocycles. The molecule has 21 heavy (non-hydrogen) atoms. The number of carboxylic acid groups (broad SMARTS) is 1. The van der Waals surface area contributed by atoms with Gasteiger partial charge in [-0.1, -0.05) is 34.1 Å². The summed E-state index contributed by atoms with van der Waals surface area (Å²) in [5.74, 6) is -0.919. The fourth-order valence-corrected chi connectivity index (χ4v) is 3.00. The number of hydrogen-bond acceptors (Lipinski definition) is 2. The van der Waals surface area contributed by atoms with E-state index in [4.69, 9.17) is 0 Å². The highest BCUT2D eigenvalue weighted by atomic mass is 79.9. The minimum Gasteiger partial charge on any atom is -0.480 e. The molecular weight excluding hydrogens is 336 g/mol. The van der Waals surface area contributed by atoms with E-state index in [1.807, 2.05) is 24.3 Å². The van der Waals surface area contributed by atoms with Crippen LogP contribution in [0.4, 0.5) is 4.79 Å². The second-order valence-electron chi connectivity index (χ2n) is 5.27. The topological polar surface area (TPSA) is 60.9 Å². The van der Waals surface area contributed by atoms with E-state index in [9.17, 15) is 14.7 Å². The summed E-state index contributed by atoms with van der Waals surface area (Å²) in [6, 6.07) is 6.78. The highest BCUT2D eigenvalue weighted by molar-refractivity contribution is 9.10. The number of piperidine rings is 1. The summed E-state index contributed by atoms with van der Waals surface area (Å²) in [5.41, 5.74) is 0.997. The van der Waals surface area contributed by atoms with E-state index in [1.54, 1.807) is 11.9 Å². The van der Waals surface area contributed by atoms with Crippen molar-refractivity contribution in [1.82, 2.24) is 9.80 Å². The van der Waals surface area contributed by atoms with Gasteiger partial charge in [-0.05, 0) is 30.9 Å². The van der Waals surface area contributed by atoms with Crippen LogP contribution in [-0.4, -0.2) is 46.5 Å². The Labute approximate surface area is 132 Å². The zero-order chi connectivity index (χ0) is 15.4. The Kier molecular flexibility index (Phi) is 5.22. The molecule has 0 bridgehead atoms. The number of likely N-dealkylation sites (tertiary alicyclic amines) is 1. The van der Waals surface area contributed by atoms with Crippen molar-refractivity contribution in [3.05, 3.63) is 34.3 Å². The molecule has 0 saturated carbocycles. The third-order valence-electron chi connectivity index (χ3n) is 3.73. The van der Waals surface area contributed by atoms with Crippen LogP contribution in [0.5, 0.6) is 0 Å². The van der Waals surface area contributed by atoms with Crippen molar-refractivity contribution in [2.75, 3.05) is 13.6 Å². The van der Waals surface area contributed by atoms with Crippen LogP contribution in [0.2, 0.25) is 0 Å². The van der Waals surface area contributed by atoms with Gasteiger partial charge in [-0.2, -0.15) is 0 Å². The maximum Gasteiger partial charge on any atom is 0.326 e. The molecule has 1 aromatic carbocycles. The van der Waals surface area contributed by atoms with Crippen molar-refractivity contribution in [3.63, 3.8) is 0 Å². The standard InChI is InChI=1S/C15H19BrN2O3/c1-17(10-11-6-2-3-7-12(11)16)15(21)18-9-5-4-8-13(18)14(19)20/h2-3,6-7,13H,4-5,8-10H2,1H3,(H,19,20). The lowest BCUT2D eigenvalue weighted by Crippen LogP contribution is -2.52. The van der Waals surface area contributed by atoms with Gasteiger partial charge in [-0.15, -0.1) is 0 Å². The van der Waals surface area contributed by atoms with Crippen molar-refractivity contribution in [3.8, 4) is 0 Å². The van der Waals surface area contributed by atoms with Crippen LogP contribution < -0.4 is 0 Å². The highest BCUT2D eigenvalue weighted by Crippen LogP contribution is 2.21. The van der Waals surface area contributed by atoms with E-state index >= 15 is 0 Å². The number of rotatable bonds is 3. The zero-order valence-corrected chi connectivity index (χ0v) is 13.5. The molecule has 1 aromatic rings. The SMILES string of the molecule is CN(Cc1ccccc1Br)C(=O)N1CCCCC1C(=O)O. The number of hydrogen-bond donors (Lipinski definition) is 1. The monoisotopic (exact) mass is 354 g/mol. The predicted octanol–water partition coefficient (Wildman–Crippen LogP) is 2.94. The Hall–Kier alpha value is -1.56. The lowest BCUT2D eigenvalue weighted by atomic mass is 10.0. The molecule has 1 aliphatic heterocycles. The number of urea groups is 1. The fraction of sp³-hybridized carbons (Fsp3) is 0.467. The van der Waals surface area contributed by atoms with Crippen molar-refractivity contribution in [1.29, 1.82) is 0 Å². The average Bonchev–Trinajstić information content (AvgIpc) is 2.48. The van der Waals surface area contributed by atoms with Crippen LogP contribution in [0.25, 0.3) is 0 Å². The Morgan fingerprint density at radius 2 is 2.10 bits per heavy atom. The van der Waals surface area contributed by atoms with Gasteiger partial charge in [-0.25, -0.2) is 9.59 Å². The molecule has 1 heterocycles. The summed E-state index contributed by atoms with van der Waals surface area (Å²) in [5, 5.41) is 9.25. The number of amides is 2. The number of carbonyl (C=O) groups excluding carboxylic acids is 1. The van der Waals surface area contributed by atoms with E-state index in [-0.39, 0.29) is 6.03 Å². The number of benzene rings is 1. The van der Waals surface area contributed by atoms with Gasteiger partial charge in [0.2, 0.25) is 0 Å². The lowest BCUT2D eigenvalue weighted by Gasteiger charge is -2.35. The maximum atomic E-state index is 12.5. The summed E-state index contributed by atoms with van der Waals surface area (Å²) in [6.07, 6.45) is 2.25. The van der Waals surface area contributed by atoms with Crippen molar-refractivity contribution < 1.29 is 14.7 Å². The first-order valence-electron chi connectivity index (χ1n) is 6.98. The molecule has 0 spiro atoms. The van der Waals surface area contributed by atoms with Gasteiger partial charge >= 0.3 is 12.0 Å². The fourth-order valence-electron chi connectivity index (χ4n) is 2.59. The molecule has 2 rings (SSSR count). The van der Waals surface area contributed by atoms with Gasteiger partial charge in [0.25, 0.3) is 0 Å². The number of carboxylic acids is 1. The van der Waals surface area contributed by atoms with E-state index < -0.39 is 12.0 Å². The van der Waals surface area contributed by atoms with Gasteiger partial charge in [0.1, 0.15) is 6.04 Å². The molecule has 1 atom stereocenters. The van der Waals surface area contributed by atoms with Gasteiger partial charge < -0.3 is 14.9 Å². The van der Waals surface area contributed by atoms with E-state index in [1.165, 1.54) is 4.90 Å². The van der Waals surface area contributed by atoms with Crippen LogP contribution in [0.3, 0.4) is 0 Å². The number of halogens is 1. The maximum absolute atomic E-state index is 12.5. The molecule has 5 nitrogen and oxygen atoms in total. The van der Waals surface area contributed by atoms with Gasteiger partial charge in [0, 0.05) is 24.6 Å². The molecule has 2 amide bonds. The summed E-state index contributed by atoms with van der Waals surface area (Å²) in [6.45, 7) is 0.958. The Balaban J connectivity index is 2.07. The average molecular weight is 355 g/mol. The minimum atomic E-state index is -0.919. The molecule has 0 aliphatic carbocycles. The Morgan fingerprint density at radius 3 is 2.76 bits per heavy atom. The first kappa shape index (κ1) is 15.8. The predicted molar refractivity (Wildman–Crippen MR) is 83.0 cm³/mol. The van der Waals surface area contributed by atoms with Crippen LogP contribution >= 0.6 is 15.9 Å². The quantitative estimate of drug-likeness (QED) is 0.907. The molecule has 6 heteroatoms. The largest absolute Gasteiger partial charge is 0.480 e. The van der Waals surface area contributed by atoms with E-state index in [0.29, 0.717) is 19.5 Å². The third kappa shape index (κ3) is 3.75. The smallest absolute Gasteiger partial charge is 0.326 e. The number of nitrogens with zero attached hydrogens (tertiary/aromatic N) is 2. The summed E-state index contributed by atoms with van der Waals surface area (Å²) in [4.78, 5) is 26.8. The summed E-state index contributed by atoms with van der Waals surface area (Å²) >= 11 is 3.46. The van der Waals surface area contributed by atoms with Crippen molar-refractivity contribution >= 4 is 27.9 Å². The number of aliphatic carboxylic acids is 1. The Morgan fingerprint density at radius 1 is 1.38 bits per heavy atom. The zero-order valence-electron chi connectivity index (χ0n) is 12.0. The minimum absolute atomic E-state index is 0.224.